The van der Waals surface area contributed by atoms with Crippen molar-refractivity contribution >= 4 is 13.2 Å². The van der Waals surface area contributed by atoms with Gasteiger partial charge in [0, 0.05) is 0 Å². The monoisotopic (exact) mass is 310 g/mol. The van der Waals surface area contributed by atoms with Gasteiger partial charge in [-0.25, -0.2) is 0 Å². The summed E-state index contributed by atoms with van der Waals surface area (Å²) < 4.78 is 0. The van der Waals surface area contributed by atoms with E-state index in [1.807, 2.05) is 0 Å². The van der Waals surface area contributed by atoms with Gasteiger partial charge in [0.15, 0.2) is 0 Å². The highest BCUT2D eigenvalue weighted by Gasteiger charge is 2.13. The molecule has 22 heavy (non-hydrogen) atoms. The zero-order valence-corrected chi connectivity index (χ0v) is 14.8. The number of unbranched alkanes of at least 4 members (excludes halogenated alkanes) is 3. The predicted molar refractivity (Wildman–Crippen MR) is 102 cm³/mol. The van der Waals surface area contributed by atoms with Crippen molar-refractivity contribution in [3.8, 4) is 11.1 Å². The molecule has 0 saturated carbocycles. The fourth-order valence-electron chi connectivity index (χ4n) is 2.72. The Morgan fingerprint density at radius 2 is 1.59 bits per heavy atom. The maximum Gasteiger partial charge on any atom is -0.0104 e. The summed E-state index contributed by atoms with van der Waals surface area (Å²) in [5, 5.41) is 2.89. The molecular formula is C21H27P. The summed E-state index contributed by atoms with van der Waals surface area (Å²) in [5.41, 5.74) is 2.68. The Morgan fingerprint density at radius 1 is 0.909 bits per heavy atom. The van der Waals surface area contributed by atoms with Crippen LogP contribution in [0.1, 0.15) is 39.0 Å². The Labute approximate surface area is 137 Å². The van der Waals surface area contributed by atoms with E-state index in [1.54, 1.807) is 0 Å². The first-order chi connectivity index (χ1) is 10.7. The number of allylic oxidation sites excluding steroid dienone is 1. The Kier molecular flexibility index (Phi) is 6.87. The van der Waals surface area contributed by atoms with Gasteiger partial charge >= 0.3 is 0 Å². The maximum atomic E-state index is 4.39. The molecule has 0 aliphatic rings. The lowest BCUT2D eigenvalue weighted by molar-refractivity contribution is 0.672. The molecule has 0 aliphatic carbocycles. The van der Waals surface area contributed by atoms with Crippen LogP contribution in [0.5, 0.6) is 0 Å². The van der Waals surface area contributed by atoms with E-state index in [9.17, 15) is 0 Å². The molecule has 0 saturated heterocycles. The van der Waals surface area contributed by atoms with Crippen molar-refractivity contribution in [1.82, 2.24) is 0 Å². The van der Waals surface area contributed by atoms with Crippen LogP contribution in [0.4, 0.5) is 0 Å². The first-order valence-electron chi connectivity index (χ1n) is 8.30. The number of benzene rings is 2. The molecule has 0 spiro atoms. The summed E-state index contributed by atoms with van der Waals surface area (Å²) in [5.74, 6) is 0. The lowest BCUT2D eigenvalue weighted by atomic mass is 10.1. The molecule has 0 amide bonds. The smallest absolute Gasteiger partial charge is 0.0104 e. The lowest BCUT2D eigenvalue weighted by Crippen LogP contribution is -2.05. The molecule has 1 atom stereocenters. The molecule has 2 aromatic rings. The lowest BCUT2D eigenvalue weighted by Gasteiger charge is -2.19. The third-order valence-corrected chi connectivity index (χ3v) is 6.43. The molecule has 0 bridgehead atoms. The highest BCUT2D eigenvalue weighted by Crippen LogP contribution is 2.44. The zero-order chi connectivity index (χ0) is 15.8. The van der Waals surface area contributed by atoms with Crippen LogP contribution in [0.25, 0.3) is 11.1 Å². The van der Waals surface area contributed by atoms with E-state index < -0.39 is 0 Å². The first-order valence-corrected chi connectivity index (χ1v) is 10.1. The summed E-state index contributed by atoms with van der Waals surface area (Å²) in [6, 6.07) is 19.5. The second-order valence-electron chi connectivity index (χ2n) is 5.82. The van der Waals surface area contributed by atoms with Gasteiger partial charge < -0.3 is 0 Å². The normalized spacial score (nSPS) is 12.1. The van der Waals surface area contributed by atoms with E-state index in [4.69, 9.17) is 0 Å². The Hall–Kier alpha value is -1.39. The Bertz CT molecular complexity index is 586. The van der Waals surface area contributed by atoms with Crippen LogP contribution in [0.15, 0.2) is 66.5 Å². The van der Waals surface area contributed by atoms with Crippen molar-refractivity contribution in [2.75, 3.05) is 6.66 Å². The third-order valence-electron chi connectivity index (χ3n) is 4.14. The number of rotatable bonds is 8. The Morgan fingerprint density at radius 3 is 2.32 bits per heavy atom. The summed E-state index contributed by atoms with van der Waals surface area (Å²) >= 11 is 0. The van der Waals surface area contributed by atoms with Crippen molar-refractivity contribution < 1.29 is 0 Å². The van der Waals surface area contributed by atoms with Crippen LogP contribution in [0.2, 0.25) is 0 Å². The average Bonchev–Trinajstić information content (AvgIpc) is 2.58. The summed E-state index contributed by atoms with van der Waals surface area (Å²) in [4.78, 5) is 0. The molecular weight excluding hydrogens is 283 g/mol. The van der Waals surface area contributed by atoms with Gasteiger partial charge in [-0.3, -0.25) is 0 Å². The van der Waals surface area contributed by atoms with Crippen molar-refractivity contribution in [2.45, 2.75) is 39.0 Å². The number of hydrogen-bond acceptors (Lipinski definition) is 0. The van der Waals surface area contributed by atoms with Crippen LogP contribution in [-0.4, -0.2) is 6.66 Å². The second-order valence-corrected chi connectivity index (χ2v) is 8.05. The zero-order valence-electron chi connectivity index (χ0n) is 13.9. The van der Waals surface area contributed by atoms with Gasteiger partial charge in [-0.2, -0.15) is 0 Å². The van der Waals surface area contributed by atoms with Crippen LogP contribution in [0, 0.1) is 0 Å². The van der Waals surface area contributed by atoms with Crippen LogP contribution < -0.4 is 5.30 Å². The van der Waals surface area contributed by atoms with E-state index in [0.29, 0.717) is 0 Å². The quantitative estimate of drug-likeness (QED) is 0.382. The van der Waals surface area contributed by atoms with Gasteiger partial charge in [-0.1, -0.05) is 95.3 Å². The fraction of sp³-hybridized carbons (Fsp3) is 0.333. The minimum Gasteiger partial charge on any atom is -0.0950 e. The first kappa shape index (κ1) is 17.0. The van der Waals surface area contributed by atoms with Crippen LogP contribution >= 0.6 is 7.92 Å². The van der Waals surface area contributed by atoms with Gasteiger partial charge in [0.05, 0.1) is 0 Å². The van der Waals surface area contributed by atoms with Crippen molar-refractivity contribution in [3.63, 3.8) is 0 Å². The predicted octanol–water partition coefficient (Wildman–Crippen LogP) is 6.57. The fourth-order valence-corrected chi connectivity index (χ4v) is 4.43. The molecule has 1 unspecified atom stereocenters. The SMILES string of the molecule is C=C(CCCCCC)P(C)c1ccccc1-c1ccccc1. The van der Waals surface area contributed by atoms with Gasteiger partial charge in [-0.05, 0) is 41.3 Å². The molecule has 1 heteroatoms. The average molecular weight is 310 g/mol. The maximum absolute atomic E-state index is 4.39. The molecule has 0 heterocycles. The molecule has 2 rings (SSSR count). The number of hydrogen-bond donors (Lipinski definition) is 0. The van der Waals surface area contributed by atoms with E-state index in [2.05, 4.69) is 74.8 Å². The van der Waals surface area contributed by atoms with E-state index in [1.165, 1.54) is 53.8 Å². The minimum atomic E-state index is -0.297. The summed E-state index contributed by atoms with van der Waals surface area (Å²) in [6.07, 6.45) is 6.43. The van der Waals surface area contributed by atoms with Crippen LogP contribution in [0.3, 0.4) is 0 Å². The van der Waals surface area contributed by atoms with Gasteiger partial charge in [0.2, 0.25) is 0 Å². The molecule has 116 valence electrons. The standard InChI is InChI=1S/C21H27P/c1-4-5-6-8-13-18(2)22(3)21-17-12-11-16-20(21)19-14-9-7-10-15-19/h7,9-12,14-17H,2,4-6,8,13H2,1,3H3. The minimum absolute atomic E-state index is 0.297. The molecule has 0 fully saturated rings. The largest absolute Gasteiger partial charge is 0.0950 e. The molecule has 0 aromatic heterocycles. The highest BCUT2D eigenvalue weighted by molar-refractivity contribution is 7.69. The van der Waals surface area contributed by atoms with Crippen LogP contribution in [-0.2, 0) is 0 Å². The second kappa shape index (κ2) is 8.91. The van der Waals surface area contributed by atoms with E-state index in [0.717, 1.165) is 0 Å². The van der Waals surface area contributed by atoms with Gasteiger partial charge in [0.1, 0.15) is 0 Å². The van der Waals surface area contributed by atoms with E-state index in [-0.39, 0.29) is 7.92 Å². The summed E-state index contributed by atoms with van der Waals surface area (Å²) in [6.45, 7) is 9.01. The van der Waals surface area contributed by atoms with Crippen molar-refractivity contribution in [1.29, 1.82) is 0 Å². The molecule has 0 N–H and O–H groups in total. The molecule has 0 aliphatic heterocycles. The molecule has 0 radical (unpaired) electrons. The topological polar surface area (TPSA) is 0 Å². The third kappa shape index (κ3) is 4.55. The van der Waals surface area contributed by atoms with Crippen molar-refractivity contribution in [3.05, 3.63) is 66.5 Å². The molecule has 2 aromatic carbocycles. The highest BCUT2D eigenvalue weighted by atomic mass is 31.1. The van der Waals surface area contributed by atoms with Crippen molar-refractivity contribution in [2.24, 2.45) is 0 Å². The van der Waals surface area contributed by atoms with Gasteiger partial charge in [-0.15, -0.1) is 0 Å². The Balaban J connectivity index is 2.13. The van der Waals surface area contributed by atoms with E-state index >= 15 is 0 Å². The summed E-state index contributed by atoms with van der Waals surface area (Å²) in [7, 11) is -0.297. The van der Waals surface area contributed by atoms with Gasteiger partial charge in [0.25, 0.3) is 0 Å². The molecule has 0 nitrogen and oxygen atoms in total.